The molecule has 0 aromatic rings. The van der Waals surface area contributed by atoms with Gasteiger partial charge < -0.3 is 4.90 Å². The predicted octanol–water partition coefficient (Wildman–Crippen LogP) is 2.05. The van der Waals surface area contributed by atoms with E-state index in [1.54, 1.807) is 11.8 Å². The molecule has 1 fully saturated rings. The van der Waals surface area contributed by atoms with Gasteiger partial charge in [0.2, 0.25) is 0 Å². The van der Waals surface area contributed by atoms with Crippen molar-refractivity contribution in [1.29, 1.82) is 0 Å². The van der Waals surface area contributed by atoms with E-state index in [9.17, 15) is 0 Å². The summed E-state index contributed by atoms with van der Waals surface area (Å²) in [5, 5.41) is 3.53. The van der Waals surface area contributed by atoms with E-state index in [1.807, 2.05) is 0 Å². The van der Waals surface area contributed by atoms with E-state index in [0.29, 0.717) is 0 Å². The first-order valence-corrected chi connectivity index (χ1v) is 5.49. The standard InChI is InChI=1S/C9H12N2S/c1-2-7(1)5-8-6-12-9-10-3-4-11(8)9/h6-7H,1-5H2. The third-order valence-corrected chi connectivity index (χ3v) is 3.59. The third-order valence-electron chi connectivity index (χ3n) is 2.64. The second-order valence-corrected chi connectivity index (χ2v) is 4.53. The number of nitrogens with zero attached hydrogens (tertiary/aromatic N) is 2. The number of rotatable bonds is 2. The lowest BCUT2D eigenvalue weighted by Crippen LogP contribution is -2.20. The van der Waals surface area contributed by atoms with Crippen molar-refractivity contribution in [2.24, 2.45) is 10.9 Å². The van der Waals surface area contributed by atoms with Gasteiger partial charge in [0.05, 0.1) is 6.54 Å². The Hall–Kier alpha value is -0.440. The van der Waals surface area contributed by atoms with Crippen LogP contribution in [0.2, 0.25) is 0 Å². The monoisotopic (exact) mass is 180 g/mol. The molecule has 0 spiro atoms. The third kappa shape index (κ3) is 1.07. The van der Waals surface area contributed by atoms with Crippen LogP contribution in [0.4, 0.5) is 0 Å². The molecule has 1 saturated carbocycles. The maximum Gasteiger partial charge on any atom is 0.167 e. The second kappa shape index (κ2) is 2.52. The Morgan fingerprint density at radius 1 is 1.58 bits per heavy atom. The van der Waals surface area contributed by atoms with Gasteiger partial charge in [0.1, 0.15) is 0 Å². The molecule has 0 unspecified atom stereocenters. The van der Waals surface area contributed by atoms with Gasteiger partial charge in [-0.1, -0.05) is 11.8 Å². The van der Waals surface area contributed by atoms with Crippen LogP contribution in [0.15, 0.2) is 16.1 Å². The normalized spacial score (nSPS) is 27.2. The zero-order valence-corrected chi connectivity index (χ0v) is 7.81. The number of fused-ring (bicyclic) bond motifs is 1. The highest BCUT2D eigenvalue weighted by atomic mass is 32.2. The van der Waals surface area contributed by atoms with Crippen LogP contribution in [-0.4, -0.2) is 23.2 Å². The molecule has 0 bridgehead atoms. The number of thioether (sulfide) groups is 1. The largest absolute Gasteiger partial charge is 0.322 e. The molecule has 2 nitrogen and oxygen atoms in total. The maximum atomic E-state index is 4.43. The minimum atomic E-state index is 0.997. The average molecular weight is 180 g/mol. The van der Waals surface area contributed by atoms with Gasteiger partial charge in [0.25, 0.3) is 0 Å². The Labute approximate surface area is 76.7 Å². The minimum absolute atomic E-state index is 0.997. The van der Waals surface area contributed by atoms with E-state index in [2.05, 4.69) is 15.3 Å². The smallest absolute Gasteiger partial charge is 0.167 e. The number of hydrogen-bond donors (Lipinski definition) is 0. The van der Waals surface area contributed by atoms with Crippen molar-refractivity contribution in [3.05, 3.63) is 11.1 Å². The van der Waals surface area contributed by atoms with Gasteiger partial charge in [-0.25, -0.2) is 0 Å². The van der Waals surface area contributed by atoms with Gasteiger partial charge in [-0.15, -0.1) is 0 Å². The molecule has 2 heterocycles. The first-order chi connectivity index (χ1) is 5.93. The summed E-state index contributed by atoms with van der Waals surface area (Å²) in [5.74, 6) is 0.997. The first-order valence-electron chi connectivity index (χ1n) is 4.61. The average Bonchev–Trinajstić information content (AvgIpc) is 2.63. The Morgan fingerprint density at radius 2 is 2.50 bits per heavy atom. The summed E-state index contributed by atoms with van der Waals surface area (Å²) in [6.45, 7) is 2.13. The molecule has 3 rings (SSSR count). The summed E-state index contributed by atoms with van der Waals surface area (Å²) in [4.78, 5) is 6.82. The molecule has 64 valence electrons. The second-order valence-electron chi connectivity index (χ2n) is 3.69. The topological polar surface area (TPSA) is 15.6 Å². The van der Waals surface area contributed by atoms with Gasteiger partial charge in [0, 0.05) is 12.2 Å². The Bertz CT molecular complexity index is 266. The molecule has 0 saturated heterocycles. The number of aliphatic imine (C=N–C) groups is 1. The quantitative estimate of drug-likeness (QED) is 0.646. The number of allylic oxidation sites excluding steroid dienone is 1. The highest BCUT2D eigenvalue weighted by Crippen LogP contribution is 2.40. The van der Waals surface area contributed by atoms with E-state index in [1.165, 1.54) is 30.1 Å². The van der Waals surface area contributed by atoms with Crippen LogP contribution in [0.25, 0.3) is 0 Å². The fourth-order valence-electron chi connectivity index (χ4n) is 1.75. The summed E-state index contributed by atoms with van der Waals surface area (Å²) >= 11 is 1.80. The summed E-state index contributed by atoms with van der Waals surface area (Å²) in [7, 11) is 0. The lowest BCUT2D eigenvalue weighted by atomic mass is 10.2. The molecule has 0 N–H and O–H groups in total. The fraction of sp³-hybridized carbons (Fsp3) is 0.667. The van der Waals surface area contributed by atoms with Crippen molar-refractivity contribution in [2.75, 3.05) is 13.1 Å². The van der Waals surface area contributed by atoms with Crippen LogP contribution in [0.1, 0.15) is 19.3 Å². The van der Waals surface area contributed by atoms with Crippen LogP contribution < -0.4 is 0 Å². The highest BCUT2D eigenvalue weighted by molar-refractivity contribution is 8.16. The van der Waals surface area contributed by atoms with Crippen molar-refractivity contribution in [1.82, 2.24) is 4.90 Å². The zero-order valence-electron chi connectivity index (χ0n) is 6.99. The molecule has 12 heavy (non-hydrogen) atoms. The Balaban J connectivity index is 1.74. The maximum absolute atomic E-state index is 4.43. The highest BCUT2D eigenvalue weighted by Gasteiger charge is 2.30. The minimum Gasteiger partial charge on any atom is -0.322 e. The molecule has 1 aliphatic carbocycles. The van der Waals surface area contributed by atoms with E-state index >= 15 is 0 Å². The van der Waals surface area contributed by atoms with Crippen molar-refractivity contribution in [3.8, 4) is 0 Å². The van der Waals surface area contributed by atoms with Crippen LogP contribution in [0.3, 0.4) is 0 Å². The molecular weight excluding hydrogens is 168 g/mol. The van der Waals surface area contributed by atoms with Gasteiger partial charge in [-0.05, 0) is 30.6 Å². The lowest BCUT2D eigenvalue weighted by molar-refractivity contribution is 0.531. The predicted molar refractivity (Wildman–Crippen MR) is 52.0 cm³/mol. The van der Waals surface area contributed by atoms with Crippen LogP contribution in [0.5, 0.6) is 0 Å². The van der Waals surface area contributed by atoms with Gasteiger partial charge in [0.15, 0.2) is 5.17 Å². The fourth-order valence-corrected chi connectivity index (χ4v) is 2.72. The van der Waals surface area contributed by atoms with E-state index in [4.69, 9.17) is 0 Å². The molecular formula is C9H12N2S. The molecule has 0 aromatic carbocycles. The number of hydrogen-bond acceptors (Lipinski definition) is 3. The van der Waals surface area contributed by atoms with Crippen molar-refractivity contribution < 1.29 is 0 Å². The van der Waals surface area contributed by atoms with Gasteiger partial charge in [-0.3, -0.25) is 4.99 Å². The van der Waals surface area contributed by atoms with Crippen LogP contribution in [0, 0.1) is 5.92 Å². The SMILES string of the molecule is C1=C(CC2CC2)N2CCN=C2S1. The van der Waals surface area contributed by atoms with Crippen LogP contribution in [-0.2, 0) is 0 Å². The van der Waals surface area contributed by atoms with Gasteiger partial charge in [-0.2, -0.15) is 0 Å². The van der Waals surface area contributed by atoms with E-state index in [0.717, 1.165) is 19.0 Å². The number of amidine groups is 1. The molecule has 0 amide bonds. The van der Waals surface area contributed by atoms with Crippen molar-refractivity contribution in [3.63, 3.8) is 0 Å². The van der Waals surface area contributed by atoms with Crippen molar-refractivity contribution >= 4 is 16.9 Å². The molecule has 0 radical (unpaired) electrons. The Morgan fingerprint density at radius 3 is 3.33 bits per heavy atom. The summed E-state index contributed by atoms with van der Waals surface area (Å²) in [5.41, 5.74) is 1.53. The molecule has 3 heteroatoms. The van der Waals surface area contributed by atoms with Gasteiger partial charge >= 0.3 is 0 Å². The summed E-state index contributed by atoms with van der Waals surface area (Å²) < 4.78 is 0. The molecule has 0 aromatic heterocycles. The van der Waals surface area contributed by atoms with Crippen LogP contribution >= 0.6 is 11.8 Å². The molecule has 2 aliphatic heterocycles. The van der Waals surface area contributed by atoms with Crippen molar-refractivity contribution in [2.45, 2.75) is 19.3 Å². The first kappa shape index (κ1) is 7.01. The van der Waals surface area contributed by atoms with E-state index in [-0.39, 0.29) is 0 Å². The Kier molecular flexibility index (Phi) is 1.47. The van der Waals surface area contributed by atoms with E-state index < -0.39 is 0 Å². The molecule has 3 aliphatic rings. The summed E-state index contributed by atoms with van der Waals surface area (Å²) in [6.07, 6.45) is 4.19. The summed E-state index contributed by atoms with van der Waals surface area (Å²) in [6, 6.07) is 0. The zero-order chi connectivity index (χ0) is 7.97. The lowest BCUT2D eigenvalue weighted by Gasteiger charge is -2.15. The molecule has 0 atom stereocenters.